The van der Waals surface area contributed by atoms with Gasteiger partial charge in [-0.25, -0.2) is 0 Å². The van der Waals surface area contributed by atoms with Gasteiger partial charge in [0.1, 0.15) is 17.5 Å². The lowest BCUT2D eigenvalue weighted by atomic mass is 10.3. The molecular weight excluding hydrogens is 194 g/mol. The lowest BCUT2D eigenvalue weighted by Crippen LogP contribution is -2.30. The largest absolute Gasteiger partial charge is 0.497 e. The first-order valence-corrected chi connectivity index (χ1v) is 5.53. The molecule has 0 fully saturated rings. The molecule has 14 heavy (non-hydrogen) atoms. The van der Waals surface area contributed by atoms with Gasteiger partial charge < -0.3 is 4.74 Å². The van der Waals surface area contributed by atoms with Gasteiger partial charge in [0, 0.05) is 6.42 Å². The summed E-state index contributed by atoms with van der Waals surface area (Å²) in [5, 5.41) is 1.40. The van der Waals surface area contributed by atoms with Crippen molar-refractivity contribution >= 4 is 21.6 Å². The van der Waals surface area contributed by atoms with Crippen LogP contribution in [-0.4, -0.2) is 7.11 Å². The molecule has 74 valence electrons. The Kier molecular flexibility index (Phi) is 2.42. The maximum atomic E-state index is 5.21. The molecule has 2 aromatic rings. The van der Waals surface area contributed by atoms with Gasteiger partial charge in [-0.3, -0.25) is 0 Å². The molecule has 0 unspecified atom stereocenters. The second-order valence-electron chi connectivity index (χ2n) is 3.24. The van der Waals surface area contributed by atoms with E-state index in [1.807, 2.05) is 17.4 Å². The number of benzene rings is 1. The molecule has 0 N–H and O–H groups in total. The van der Waals surface area contributed by atoms with Crippen molar-refractivity contribution in [3.05, 3.63) is 23.2 Å². The van der Waals surface area contributed by atoms with Crippen molar-refractivity contribution in [2.24, 2.45) is 7.05 Å². The van der Waals surface area contributed by atoms with E-state index in [9.17, 15) is 0 Å². The molecule has 0 radical (unpaired) electrons. The van der Waals surface area contributed by atoms with Crippen LogP contribution in [0.2, 0.25) is 0 Å². The first kappa shape index (κ1) is 9.46. The van der Waals surface area contributed by atoms with Crippen molar-refractivity contribution in [2.45, 2.75) is 13.3 Å². The Hall–Kier alpha value is -1.09. The predicted octanol–water partition coefficient (Wildman–Crippen LogP) is 2.30. The number of methoxy groups -OCH3 is 1. The second kappa shape index (κ2) is 3.58. The van der Waals surface area contributed by atoms with Crippen LogP contribution in [0.4, 0.5) is 0 Å². The highest BCUT2D eigenvalue weighted by atomic mass is 32.1. The van der Waals surface area contributed by atoms with Crippen molar-refractivity contribution in [3.63, 3.8) is 0 Å². The molecule has 0 spiro atoms. The minimum atomic E-state index is 0.925. The number of aromatic nitrogens is 1. The Morgan fingerprint density at radius 1 is 1.43 bits per heavy atom. The van der Waals surface area contributed by atoms with Gasteiger partial charge in [-0.2, -0.15) is 4.57 Å². The first-order chi connectivity index (χ1) is 6.76. The maximum Gasteiger partial charge on any atom is 0.237 e. The molecule has 1 aromatic carbocycles. The molecule has 2 rings (SSSR count). The number of fused-ring (bicyclic) bond motifs is 1. The average Bonchev–Trinajstić information content (AvgIpc) is 2.55. The zero-order valence-corrected chi connectivity index (χ0v) is 9.52. The van der Waals surface area contributed by atoms with Crippen molar-refractivity contribution in [2.75, 3.05) is 7.11 Å². The van der Waals surface area contributed by atoms with Gasteiger partial charge in [-0.05, 0) is 12.1 Å². The van der Waals surface area contributed by atoms with Crippen LogP contribution in [0.3, 0.4) is 0 Å². The molecule has 0 aliphatic heterocycles. The van der Waals surface area contributed by atoms with E-state index < -0.39 is 0 Å². The molecule has 3 heteroatoms. The third-order valence-electron chi connectivity index (χ3n) is 2.43. The van der Waals surface area contributed by atoms with E-state index in [1.54, 1.807) is 7.11 Å². The number of rotatable bonds is 2. The number of aryl methyl sites for hydroxylation is 2. The van der Waals surface area contributed by atoms with Gasteiger partial charge in [-0.1, -0.05) is 18.3 Å². The summed E-state index contributed by atoms with van der Waals surface area (Å²) in [7, 11) is 3.81. The molecule has 0 saturated carbocycles. The molecule has 0 saturated heterocycles. The summed E-state index contributed by atoms with van der Waals surface area (Å²) in [5.74, 6) is 0.925. The van der Waals surface area contributed by atoms with E-state index >= 15 is 0 Å². The monoisotopic (exact) mass is 208 g/mol. The van der Waals surface area contributed by atoms with Crippen LogP contribution >= 0.6 is 11.3 Å². The van der Waals surface area contributed by atoms with Crippen LogP contribution in [-0.2, 0) is 13.5 Å². The maximum absolute atomic E-state index is 5.21. The Bertz CT molecular complexity index is 462. The van der Waals surface area contributed by atoms with Crippen molar-refractivity contribution < 1.29 is 9.30 Å². The Morgan fingerprint density at radius 2 is 2.21 bits per heavy atom. The second-order valence-corrected chi connectivity index (χ2v) is 4.36. The quantitative estimate of drug-likeness (QED) is 0.690. The summed E-state index contributed by atoms with van der Waals surface area (Å²) in [6.45, 7) is 2.18. The third-order valence-corrected chi connectivity index (χ3v) is 3.80. The third kappa shape index (κ3) is 1.38. The van der Waals surface area contributed by atoms with Crippen LogP contribution in [0.25, 0.3) is 10.2 Å². The van der Waals surface area contributed by atoms with E-state index in [4.69, 9.17) is 4.74 Å². The van der Waals surface area contributed by atoms with Gasteiger partial charge in [0.05, 0.1) is 13.2 Å². The first-order valence-electron chi connectivity index (χ1n) is 4.71. The van der Waals surface area contributed by atoms with Crippen LogP contribution in [0, 0.1) is 0 Å². The van der Waals surface area contributed by atoms with Gasteiger partial charge in [0.15, 0.2) is 0 Å². The zero-order valence-electron chi connectivity index (χ0n) is 8.70. The van der Waals surface area contributed by atoms with Crippen LogP contribution in [0.15, 0.2) is 18.2 Å². The Balaban J connectivity index is 2.68. The smallest absolute Gasteiger partial charge is 0.237 e. The molecule has 0 amide bonds. The normalized spacial score (nSPS) is 10.8. The highest BCUT2D eigenvalue weighted by Crippen LogP contribution is 2.24. The fraction of sp³-hybridized carbons (Fsp3) is 0.364. The highest BCUT2D eigenvalue weighted by molar-refractivity contribution is 7.18. The van der Waals surface area contributed by atoms with E-state index in [-0.39, 0.29) is 0 Å². The summed E-state index contributed by atoms with van der Waals surface area (Å²) in [5.41, 5.74) is 1.26. The summed E-state index contributed by atoms with van der Waals surface area (Å²) in [6.07, 6.45) is 1.08. The Labute approximate surface area is 87.8 Å². The van der Waals surface area contributed by atoms with Crippen LogP contribution in [0.1, 0.15) is 11.9 Å². The molecule has 0 aliphatic carbocycles. The average molecular weight is 208 g/mol. The topological polar surface area (TPSA) is 13.1 Å². The molecule has 1 heterocycles. The summed E-state index contributed by atoms with van der Waals surface area (Å²) in [4.78, 5) is 0. The SMILES string of the molecule is CCc1sc2ccc(OC)cc2[n+]1C. The molecule has 2 nitrogen and oxygen atoms in total. The molecule has 0 atom stereocenters. The van der Waals surface area contributed by atoms with E-state index in [2.05, 4.69) is 30.7 Å². The van der Waals surface area contributed by atoms with Crippen LogP contribution in [0.5, 0.6) is 5.75 Å². The van der Waals surface area contributed by atoms with Crippen molar-refractivity contribution in [3.8, 4) is 5.75 Å². The minimum absolute atomic E-state index is 0.925. The van der Waals surface area contributed by atoms with E-state index in [0.717, 1.165) is 12.2 Å². The van der Waals surface area contributed by atoms with Crippen LogP contribution < -0.4 is 9.30 Å². The summed E-state index contributed by atoms with van der Waals surface area (Å²) >= 11 is 1.85. The molecular formula is C11H14NOS+. The summed E-state index contributed by atoms with van der Waals surface area (Å²) < 4.78 is 8.77. The van der Waals surface area contributed by atoms with Gasteiger partial charge in [0.25, 0.3) is 0 Å². The van der Waals surface area contributed by atoms with Crippen molar-refractivity contribution in [1.29, 1.82) is 0 Å². The fourth-order valence-electron chi connectivity index (χ4n) is 1.61. The lowest BCUT2D eigenvalue weighted by Gasteiger charge is -1.95. The standard InChI is InChI=1S/C11H14NOS/c1-4-11-12(2)9-7-8(13-3)5-6-10(9)14-11/h5-7H,4H2,1-3H3/q+1. The van der Waals surface area contributed by atoms with Gasteiger partial charge in [0.2, 0.25) is 10.5 Å². The number of thiazole rings is 1. The van der Waals surface area contributed by atoms with Crippen molar-refractivity contribution in [1.82, 2.24) is 0 Å². The van der Waals surface area contributed by atoms with Gasteiger partial charge in [-0.15, -0.1) is 0 Å². The predicted molar refractivity (Wildman–Crippen MR) is 58.9 cm³/mol. The number of ether oxygens (including phenoxy) is 1. The molecule has 0 bridgehead atoms. The zero-order chi connectivity index (χ0) is 10.1. The van der Waals surface area contributed by atoms with E-state index in [0.29, 0.717) is 0 Å². The molecule has 1 aromatic heterocycles. The summed E-state index contributed by atoms with van der Waals surface area (Å²) in [6, 6.07) is 6.22. The van der Waals surface area contributed by atoms with Gasteiger partial charge >= 0.3 is 0 Å². The number of hydrogen-bond acceptors (Lipinski definition) is 2. The minimum Gasteiger partial charge on any atom is -0.497 e. The lowest BCUT2D eigenvalue weighted by molar-refractivity contribution is -0.647. The highest BCUT2D eigenvalue weighted by Gasteiger charge is 2.15. The van der Waals surface area contributed by atoms with E-state index in [1.165, 1.54) is 15.2 Å². The fourth-order valence-corrected chi connectivity index (χ4v) is 2.68. The number of nitrogens with zero attached hydrogens (tertiary/aromatic N) is 1. The Morgan fingerprint density at radius 3 is 2.86 bits per heavy atom. The number of hydrogen-bond donors (Lipinski definition) is 0. The molecule has 0 aliphatic rings.